The topological polar surface area (TPSA) is 143 Å². The van der Waals surface area contributed by atoms with E-state index in [9.17, 15) is 13.9 Å². The summed E-state index contributed by atoms with van der Waals surface area (Å²) < 4.78 is 35.6. The highest BCUT2D eigenvalue weighted by molar-refractivity contribution is 7.70. The summed E-state index contributed by atoms with van der Waals surface area (Å²) in [6.07, 6.45) is -0.954. The highest BCUT2D eigenvalue weighted by Crippen LogP contribution is 2.59. The standard InChI is InChI=1S/C7H15NO9P2/c1-15-7(9)8-4-2-3-6(8)16-19(14,17-10)5-18(11,12)13/h6,10H,2-5H2,1H3,(H2,11,12,13). The molecule has 1 fully saturated rings. The number of hydrogen-bond donors (Lipinski definition) is 3. The van der Waals surface area contributed by atoms with Gasteiger partial charge in [-0.2, -0.15) is 4.67 Å². The average Bonchev–Trinajstić information content (AvgIpc) is 2.73. The van der Waals surface area contributed by atoms with Crippen LogP contribution >= 0.6 is 15.2 Å². The Bertz CT molecular complexity index is 421. The zero-order valence-electron chi connectivity index (χ0n) is 10.0. The van der Waals surface area contributed by atoms with Crippen molar-refractivity contribution in [1.82, 2.24) is 4.90 Å². The van der Waals surface area contributed by atoms with Gasteiger partial charge in [-0.1, -0.05) is 0 Å². The Morgan fingerprint density at radius 1 is 1.42 bits per heavy atom. The molecule has 1 rings (SSSR count). The molecule has 0 aromatic carbocycles. The normalized spacial score (nSPS) is 23.2. The zero-order chi connectivity index (χ0) is 14.7. The molecule has 19 heavy (non-hydrogen) atoms. The van der Waals surface area contributed by atoms with Crippen molar-refractivity contribution in [3.05, 3.63) is 0 Å². The van der Waals surface area contributed by atoms with Crippen molar-refractivity contribution in [2.45, 2.75) is 19.1 Å². The van der Waals surface area contributed by atoms with Crippen molar-refractivity contribution in [3.63, 3.8) is 0 Å². The highest BCUT2D eigenvalue weighted by atomic mass is 31.2. The first-order valence-electron chi connectivity index (χ1n) is 5.20. The Balaban J connectivity index is 2.77. The minimum atomic E-state index is -4.72. The van der Waals surface area contributed by atoms with E-state index in [0.717, 1.165) is 12.0 Å². The minimum Gasteiger partial charge on any atom is -0.453 e. The van der Waals surface area contributed by atoms with Crippen LogP contribution in [-0.4, -0.2) is 51.8 Å². The van der Waals surface area contributed by atoms with Crippen LogP contribution in [0.3, 0.4) is 0 Å². The maximum absolute atomic E-state index is 11.8. The molecule has 0 saturated carbocycles. The van der Waals surface area contributed by atoms with E-state index in [0.29, 0.717) is 6.42 Å². The number of nitrogens with zero attached hydrogens (tertiary/aromatic N) is 1. The molecule has 112 valence electrons. The van der Waals surface area contributed by atoms with Crippen LogP contribution in [0.1, 0.15) is 12.8 Å². The molecule has 0 aromatic rings. The summed E-state index contributed by atoms with van der Waals surface area (Å²) in [7, 11) is -7.99. The first-order chi connectivity index (χ1) is 8.71. The molecule has 1 saturated heterocycles. The van der Waals surface area contributed by atoms with Crippen LogP contribution in [0.25, 0.3) is 0 Å². The largest absolute Gasteiger partial charge is 0.453 e. The van der Waals surface area contributed by atoms with Gasteiger partial charge in [0.15, 0.2) is 5.90 Å². The lowest BCUT2D eigenvalue weighted by molar-refractivity contribution is -0.154. The SMILES string of the molecule is COC(=O)N1CCCC1OP(=O)(CP(=O)(O)O)OO. The Labute approximate surface area is 108 Å². The first-order valence-corrected chi connectivity index (χ1v) is 8.73. The molecule has 0 radical (unpaired) electrons. The highest BCUT2D eigenvalue weighted by Gasteiger charge is 2.41. The molecular formula is C7H15NO9P2. The molecule has 12 heteroatoms. The van der Waals surface area contributed by atoms with Crippen molar-refractivity contribution in [1.29, 1.82) is 0 Å². The minimum absolute atomic E-state index is 0.276. The van der Waals surface area contributed by atoms with Crippen LogP contribution in [0.5, 0.6) is 0 Å². The fraction of sp³-hybridized carbons (Fsp3) is 0.857. The van der Waals surface area contributed by atoms with Crippen molar-refractivity contribution in [2.24, 2.45) is 0 Å². The van der Waals surface area contributed by atoms with Crippen LogP contribution in [-0.2, 0) is 23.1 Å². The summed E-state index contributed by atoms with van der Waals surface area (Å²) >= 11 is 0. The molecule has 1 amide bonds. The van der Waals surface area contributed by atoms with Crippen molar-refractivity contribution in [2.75, 3.05) is 19.6 Å². The maximum Gasteiger partial charge on any atom is 0.411 e. The lowest BCUT2D eigenvalue weighted by Gasteiger charge is -2.26. The van der Waals surface area contributed by atoms with Crippen LogP contribution in [0.4, 0.5) is 4.79 Å². The van der Waals surface area contributed by atoms with E-state index in [1.807, 2.05) is 0 Å². The number of likely N-dealkylation sites (tertiary alicyclic amines) is 1. The molecule has 1 aliphatic heterocycles. The molecular weight excluding hydrogens is 304 g/mol. The monoisotopic (exact) mass is 319 g/mol. The molecule has 0 aliphatic carbocycles. The zero-order valence-corrected chi connectivity index (χ0v) is 11.8. The molecule has 0 aromatic heterocycles. The van der Waals surface area contributed by atoms with Crippen LogP contribution in [0, 0.1) is 0 Å². The molecule has 1 heterocycles. The van der Waals surface area contributed by atoms with Gasteiger partial charge >= 0.3 is 21.3 Å². The second-order valence-corrected chi connectivity index (χ2v) is 7.92. The van der Waals surface area contributed by atoms with Gasteiger partial charge in [-0.05, 0) is 12.8 Å². The Morgan fingerprint density at radius 3 is 2.53 bits per heavy atom. The molecule has 0 bridgehead atoms. The van der Waals surface area contributed by atoms with Gasteiger partial charge in [-0.3, -0.25) is 18.6 Å². The van der Waals surface area contributed by atoms with E-state index < -0.39 is 33.4 Å². The Hall–Kier alpha value is -0.470. The molecule has 2 unspecified atom stereocenters. The fourth-order valence-electron chi connectivity index (χ4n) is 1.66. The fourth-order valence-corrected chi connectivity index (χ4v) is 4.57. The molecule has 0 spiro atoms. The van der Waals surface area contributed by atoms with Gasteiger partial charge in [0.2, 0.25) is 0 Å². The van der Waals surface area contributed by atoms with Gasteiger partial charge in [0, 0.05) is 6.54 Å². The summed E-state index contributed by atoms with van der Waals surface area (Å²) in [5, 5.41) is 8.52. The summed E-state index contributed by atoms with van der Waals surface area (Å²) in [6.45, 7) is 0.276. The van der Waals surface area contributed by atoms with Gasteiger partial charge < -0.3 is 14.5 Å². The van der Waals surface area contributed by atoms with Crippen LogP contribution in [0.15, 0.2) is 0 Å². The van der Waals surface area contributed by atoms with Gasteiger partial charge in [0.25, 0.3) is 0 Å². The number of carbonyl (C=O) groups is 1. The van der Waals surface area contributed by atoms with Crippen molar-refractivity contribution < 1.29 is 42.9 Å². The van der Waals surface area contributed by atoms with E-state index >= 15 is 0 Å². The second kappa shape index (κ2) is 6.32. The Kier molecular flexibility index (Phi) is 5.52. The van der Waals surface area contributed by atoms with E-state index in [-0.39, 0.29) is 13.0 Å². The predicted octanol–water partition coefficient (Wildman–Crippen LogP) is 1.01. The van der Waals surface area contributed by atoms with E-state index in [1.165, 1.54) is 0 Å². The number of carbonyl (C=O) groups excluding carboxylic acids is 1. The third kappa shape index (κ3) is 4.85. The Morgan fingerprint density at radius 2 is 2.05 bits per heavy atom. The molecule has 3 N–H and O–H groups in total. The van der Waals surface area contributed by atoms with Crippen molar-refractivity contribution in [3.8, 4) is 0 Å². The van der Waals surface area contributed by atoms with E-state index in [1.54, 1.807) is 0 Å². The second-order valence-electron chi connectivity index (χ2n) is 3.86. The quantitative estimate of drug-likeness (QED) is 0.384. The average molecular weight is 319 g/mol. The van der Waals surface area contributed by atoms with E-state index in [2.05, 4.69) is 9.41 Å². The van der Waals surface area contributed by atoms with E-state index in [4.69, 9.17) is 19.6 Å². The lowest BCUT2D eigenvalue weighted by atomic mass is 10.4. The summed E-state index contributed by atoms with van der Waals surface area (Å²) in [5.41, 5.74) is 0. The molecule has 10 nitrogen and oxygen atoms in total. The third-order valence-electron chi connectivity index (χ3n) is 2.37. The smallest absolute Gasteiger partial charge is 0.411 e. The number of amides is 1. The number of ether oxygens (including phenoxy) is 1. The van der Waals surface area contributed by atoms with Gasteiger partial charge in [-0.25, -0.2) is 10.1 Å². The van der Waals surface area contributed by atoms with Crippen LogP contribution < -0.4 is 0 Å². The summed E-state index contributed by atoms with van der Waals surface area (Å²) in [5.74, 6) is -1.28. The summed E-state index contributed by atoms with van der Waals surface area (Å²) in [6, 6.07) is 0. The van der Waals surface area contributed by atoms with Crippen molar-refractivity contribution >= 4 is 21.3 Å². The molecule has 2 atom stereocenters. The van der Waals surface area contributed by atoms with Gasteiger partial charge in [0.1, 0.15) is 6.23 Å². The molecule has 1 aliphatic rings. The predicted molar refractivity (Wildman–Crippen MR) is 61.4 cm³/mol. The lowest BCUT2D eigenvalue weighted by Crippen LogP contribution is -2.36. The number of rotatable bonds is 5. The summed E-state index contributed by atoms with van der Waals surface area (Å²) in [4.78, 5) is 29.9. The number of methoxy groups -OCH3 is 1. The first kappa shape index (κ1) is 16.6. The van der Waals surface area contributed by atoms with Gasteiger partial charge in [-0.15, -0.1) is 0 Å². The third-order valence-corrected chi connectivity index (χ3v) is 6.04. The maximum atomic E-state index is 11.8. The van der Waals surface area contributed by atoms with Crippen LogP contribution in [0.2, 0.25) is 0 Å². The number of hydrogen-bond acceptors (Lipinski definition) is 7. The van der Waals surface area contributed by atoms with Gasteiger partial charge in [0.05, 0.1) is 7.11 Å².